The SMILES string of the molecule is Cc1ccccc1-n1nc(C(=O)N/N=C\c2ccccc2)cc1-c1ccc(-c2ccccc2)cc1. The highest BCUT2D eigenvalue weighted by Crippen LogP contribution is 2.28. The van der Waals surface area contributed by atoms with Crippen molar-refractivity contribution < 1.29 is 4.79 Å². The summed E-state index contributed by atoms with van der Waals surface area (Å²) >= 11 is 0. The molecule has 1 amide bonds. The Hall–Kier alpha value is -4.77. The molecule has 4 aromatic carbocycles. The largest absolute Gasteiger partial charge is 0.291 e. The topological polar surface area (TPSA) is 59.3 Å². The second kappa shape index (κ2) is 10.0. The predicted octanol–water partition coefficient (Wildman–Crippen LogP) is 6.28. The smallest absolute Gasteiger partial charge is 0.265 e. The summed E-state index contributed by atoms with van der Waals surface area (Å²) in [6.07, 6.45) is 1.61. The molecule has 5 rings (SSSR count). The van der Waals surface area contributed by atoms with Crippen LogP contribution in [-0.4, -0.2) is 21.9 Å². The summed E-state index contributed by atoms with van der Waals surface area (Å²) in [5.41, 5.74) is 9.84. The molecule has 0 spiro atoms. The molecule has 0 saturated carbocycles. The van der Waals surface area contributed by atoms with E-state index in [1.807, 2.05) is 84.4 Å². The minimum atomic E-state index is -0.369. The molecule has 1 heterocycles. The van der Waals surface area contributed by atoms with E-state index in [2.05, 4.69) is 52.0 Å². The van der Waals surface area contributed by atoms with Crippen molar-refractivity contribution in [2.45, 2.75) is 6.92 Å². The average molecular weight is 457 g/mol. The second-order valence-corrected chi connectivity index (χ2v) is 8.17. The van der Waals surface area contributed by atoms with Crippen molar-refractivity contribution in [3.8, 4) is 28.1 Å². The molecule has 0 bridgehead atoms. The maximum atomic E-state index is 12.9. The number of hydrazone groups is 1. The van der Waals surface area contributed by atoms with Gasteiger partial charge in [0.25, 0.3) is 5.91 Å². The fourth-order valence-electron chi connectivity index (χ4n) is 3.91. The standard InChI is InChI=1S/C30H24N4O/c1-22-10-8-9-15-28(22)34-29(26-18-16-25(17-19-26)24-13-6-3-7-14-24)20-27(33-34)30(35)32-31-21-23-11-4-2-5-12-23/h2-21H,1H3,(H,32,35)/b31-21-. The lowest BCUT2D eigenvalue weighted by Crippen LogP contribution is -2.18. The number of benzene rings is 4. The van der Waals surface area contributed by atoms with Crippen LogP contribution in [0.15, 0.2) is 120 Å². The maximum Gasteiger partial charge on any atom is 0.291 e. The number of nitrogens with one attached hydrogen (secondary N) is 1. The number of hydrogen-bond donors (Lipinski definition) is 1. The fraction of sp³-hybridized carbons (Fsp3) is 0.0333. The number of nitrogens with zero attached hydrogens (tertiary/aromatic N) is 3. The minimum Gasteiger partial charge on any atom is -0.265 e. The van der Waals surface area contributed by atoms with Crippen LogP contribution in [0.5, 0.6) is 0 Å². The van der Waals surface area contributed by atoms with Crippen molar-refractivity contribution in [3.05, 3.63) is 132 Å². The van der Waals surface area contributed by atoms with Gasteiger partial charge in [-0.2, -0.15) is 10.2 Å². The van der Waals surface area contributed by atoms with Gasteiger partial charge in [-0.25, -0.2) is 10.1 Å². The third-order valence-corrected chi connectivity index (χ3v) is 5.75. The third-order valence-electron chi connectivity index (χ3n) is 5.75. The molecule has 0 radical (unpaired) electrons. The molecule has 0 aliphatic rings. The Kier molecular flexibility index (Phi) is 6.31. The summed E-state index contributed by atoms with van der Waals surface area (Å²) in [6, 6.07) is 37.9. The summed E-state index contributed by atoms with van der Waals surface area (Å²) in [4.78, 5) is 12.9. The molecule has 1 aromatic heterocycles. The number of hydrogen-bond acceptors (Lipinski definition) is 3. The summed E-state index contributed by atoms with van der Waals surface area (Å²) in [5.74, 6) is -0.369. The van der Waals surface area contributed by atoms with Gasteiger partial charge in [0.2, 0.25) is 0 Å². The Labute approximate surface area is 204 Å². The molecule has 0 fully saturated rings. The van der Waals surface area contributed by atoms with Gasteiger partial charge >= 0.3 is 0 Å². The van der Waals surface area contributed by atoms with Crippen LogP contribution < -0.4 is 5.43 Å². The lowest BCUT2D eigenvalue weighted by molar-refractivity contribution is 0.0949. The molecule has 0 unspecified atom stereocenters. The highest BCUT2D eigenvalue weighted by Gasteiger charge is 2.17. The van der Waals surface area contributed by atoms with Gasteiger partial charge in [0, 0.05) is 5.56 Å². The number of amides is 1. The molecule has 0 saturated heterocycles. The van der Waals surface area contributed by atoms with Crippen LogP contribution in [-0.2, 0) is 0 Å². The first-order chi connectivity index (χ1) is 17.2. The summed E-state index contributed by atoms with van der Waals surface area (Å²) in [6.45, 7) is 2.03. The van der Waals surface area contributed by atoms with E-state index in [0.29, 0.717) is 5.69 Å². The molecular weight excluding hydrogens is 432 g/mol. The first-order valence-corrected chi connectivity index (χ1v) is 11.4. The molecule has 35 heavy (non-hydrogen) atoms. The van der Waals surface area contributed by atoms with E-state index in [9.17, 15) is 4.79 Å². The van der Waals surface area contributed by atoms with Crippen LogP contribution in [0.4, 0.5) is 0 Å². The van der Waals surface area contributed by atoms with Crippen LogP contribution in [0.25, 0.3) is 28.1 Å². The van der Waals surface area contributed by atoms with Gasteiger partial charge in [-0.15, -0.1) is 0 Å². The van der Waals surface area contributed by atoms with Gasteiger partial charge in [-0.3, -0.25) is 4.79 Å². The zero-order valence-corrected chi connectivity index (χ0v) is 19.3. The molecule has 0 atom stereocenters. The highest BCUT2D eigenvalue weighted by molar-refractivity contribution is 5.94. The Balaban J connectivity index is 1.48. The van der Waals surface area contributed by atoms with Crippen molar-refractivity contribution >= 4 is 12.1 Å². The second-order valence-electron chi connectivity index (χ2n) is 8.17. The third kappa shape index (κ3) is 4.94. The summed E-state index contributed by atoms with van der Waals surface area (Å²) in [5, 5.41) is 8.75. The Morgan fingerprint density at radius 1 is 0.771 bits per heavy atom. The van der Waals surface area contributed by atoms with E-state index in [4.69, 9.17) is 0 Å². The van der Waals surface area contributed by atoms with Crippen molar-refractivity contribution in [1.82, 2.24) is 15.2 Å². The Morgan fingerprint density at radius 2 is 1.37 bits per heavy atom. The average Bonchev–Trinajstić information content (AvgIpc) is 3.36. The van der Waals surface area contributed by atoms with E-state index in [-0.39, 0.29) is 5.91 Å². The van der Waals surface area contributed by atoms with Gasteiger partial charge in [0.1, 0.15) is 0 Å². The number of para-hydroxylation sites is 1. The first-order valence-electron chi connectivity index (χ1n) is 11.4. The molecule has 170 valence electrons. The van der Waals surface area contributed by atoms with E-state index < -0.39 is 0 Å². The van der Waals surface area contributed by atoms with Crippen molar-refractivity contribution in [3.63, 3.8) is 0 Å². The van der Waals surface area contributed by atoms with E-state index in [1.54, 1.807) is 12.3 Å². The number of rotatable bonds is 6. The molecule has 0 aliphatic heterocycles. The van der Waals surface area contributed by atoms with Gasteiger partial charge in [-0.05, 0) is 41.3 Å². The first kappa shape index (κ1) is 22.0. The van der Waals surface area contributed by atoms with Gasteiger partial charge < -0.3 is 0 Å². The van der Waals surface area contributed by atoms with Gasteiger partial charge in [0.05, 0.1) is 17.6 Å². The normalized spacial score (nSPS) is 11.0. The zero-order chi connectivity index (χ0) is 24.0. The van der Waals surface area contributed by atoms with Crippen LogP contribution in [0.3, 0.4) is 0 Å². The van der Waals surface area contributed by atoms with E-state index in [0.717, 1.165) is 39.2 Å². The monoisotopic (exact) mass is 456 g/mol. The molecular formula is C30H24N4O. The number of carbonyl (C=O) groups excluding carboxylic acids is 1. The highest BCUT2D eigenvalue weighted by atomic mass is 16.2. The minimum absolute atomic E-state index is 0.292. The van der Waals surface area contributed by atoms with Crippen molar-refractivity contribution in [2.75, 3.05) is 0 Å². The molecule has 1 N–H and O–H groups in total. The number of carbonyl (C=O) groups is 1. The molecule has 0 aliphatic carbocycles. The van der Waals surface area contributed by atoms with Crippen LogP contribution >= 0.6 is 0 Å². The summed E-state index contributed by atoms with van der Waals surface area (Å²) in [7, 11) is 0. The molecule has 5 heteroatoms. The van der Waals surface area contributed by atoms with Crippen molar-refractivity contribution in [1.29, 1.82) is 0 Å². The lowest BCUT2D eigenvalue weighted by Gasteiger charge is -2.11. The van der Waals surface area contributed by atoms with Crippen LogP contribution in [0.1, 0.15) is 21.6 Å². The quantitative estimate of drug-likeness (QED) is 0.241. The van der Waals surface area contributed by atoms with Gasteiger partial charge in [0.15, 0.2) is 5.69 Å². The van der Waals surface area contributed by atoms with Crippen LogP contribution in [0, 0.1) is 6.92 Å². The molecule has 5 nitrogen and oxygen atoms in total. The van der Waals surface area contributed by atoms with Crippen molar-refractivity contribution in [2.24, 2.45) is 5.10 Å². The van der Waals surface area contributed by atoms with E-state index >= 15 is 0 Å². The van der Waals surface area contributed by atoms with Gasteiger partial charge in [-0.1, -0.05) is 103 Å². The number of aromatic nitrogens is 2. The summed E-state index contributed by atoms with van der Waals surface area (Å²) < 4.78 is 1.82. The van der Waals surface area contributed by atoms with Crippen LogP contribution in [0.2, 0.25) is 0 Å². The predicted molar refractivity (Wildman–Crippen MR) is 141 cm³/mol. The fourth-order valence-corrected chi connectivity index (χ4v) is 3.91. The lowest BCUT2D eigenvalue weighted by atomic mass is 10.0. The Morgan fingerprint density at radius 3 is 2.09 bits per heavy atom. The van der Waals surface area contributed by atoms with E-state index in [1.165, 1.54) is 0 Å². The zero-order valence-electron chi connectivity index (χ0n) is 19.3. The molecule has 5 aromatic rings. The maximum absolute atomic E-state index is 12.9. The number of aryl methyl sites for hydroxylation is 1. The Bertz CT molecular complexity index is 1470.